The Hall–Kier alpha value is -2.25. The molecule has 6 nitrogen and oxygen atoms in total. The van der Waals surface area contributed by atoms with Crippen molar-refractivity contribution in [1.82, 2.24) is 19.6 Å². The molecule has 0 saturated carbocycles. The van der Waals surface area contributed by atoms with Gasteiger partial charge in [-0.3, -0.25) is 9.59 Å². The number of thiophene rings is 1. The Kier molecular flexibility index (Phi) is 5.21. The standard InChI is InChI=1S/C21H26N4O2S/c1-4-16(20(26)24-12-10-23(5-2)11-13-24)25-21(27)18-15-8-6-7-9-17(15)28-19(18)14(3)22-25/h6-9,16H,4-5,10-13H2,1-3H3. The molecule has 2 aromatic heterocycles. The molecule has 1 saturated heterocycles. The molecule has 0 spiro atoms. The SMILES string of the molecule is CCC(C(=O)N1CCN(CC)CC1)n1nc(C)c2sc3ccccc3c2c1=O. The van der Waals surface area contributed by atoms with E-state index >= 15 is 0 Å². The Morgan fingerprint density at radius 1 is 1.18 bits per heavy atom. The topological polar surface area (TPSA) is 58.4 Å². The second kappa shape index (κ2) is 7.64. The summed E-state index contributed by atoms with van der Waals surface area (Å²) in [5.74, 6) is 0.00568. The molecular weight excluding hydrogens is 372 g/mol. The van der Waals surface area contributed by atoms with E-state index in [2.05, 4.69) is 16.9 Å². The van der Waals surface area contributed by atoms with E-state index in [0.717, 1.165) is 40.1 Å². The van der Waals surface area contributed by atoms with E-state index < -0.39 is 6.04 Å². The van der Waals surface area contributed by atoms with Crippen molar-refractivity contribution in [2.75, 3.05) is 32.7 Å². The number of amides is 1. The van der Waals surface area contributed by atoms with Crippen molar-refractivity contribution in [3.05, 3.63) is 40.3 Å². The molecule has 1 atom stereocenters. The third-order valence-corrected chi connectivity index (χ3v) is 6.98. The average molecular weight is 399 g/mol. The molecule has 1 aliphatic rings. The van der Waals surface area contributed by atoms with Gasteiger partial charge in [-0.25, -0.2) is 4.68 Å². The summed E-state index contributed by atoms with van der Waals surface area (Å²) in [4.78, 5) is 30.8. The van der Waals surface area contributed by atoms with Gasteiger partial charge in [0.25, 0.3) is 5.56 Å². The molecule has 0 radical (unpaired) electrons. The molecule has 0 aliphatic carbocycles. The molecule has 1 fully saturated rings. The van der Waals surface area contributed by atoms with Crippen molar-refractivity contribution in [3.8, 4) is 0 Å². The van der Waals surface area contributed by atoms with Crippen LogP contribution in [-0.4, -0.2) is 58.2 Å². The molecule has 0 bridgehead atoms. The zero-order chi connectivity index (χ0) is 19.8. The van der Waals surface area contributed by atoms with Crippen LogP contribution in [0.5, 0.6) is 0 Å². The lowest BCUT2D eigenvalue weighted by atomic mass is 10.1. The highest BCUT2D eigenvalue weighted by Crippen LogP contribution is 2.33. The fraction of sp³-hybridized carbons (Fsp3) is 0.476. The van der Waals surface area contributed by atoms with E-state index in [9.17, 15) is 9.59 Å². The van der Waals surface area contributed by atoms with Crippen LogP contribution < -0.4 is 5.56 Å². The smallest absolute Gasteiger partial charge is 0.276 e. The van der Waals surface area contributed by atoms with Gasteiger partial charge in [-0.1, -0.05) is 32.0 Å². The normalized spacial score (nSPS) is 16.8. The van der Waals surface area contributed by atoms with Crippen LogP contribution in [0.2, 0.25) is 0 Å². The summed E-state index contributed by atoms with van der Waals surface area (Å²) < 4.78 is 3.43. The van der Waals surface area contributed by atoms with E-state index in [1.807, 2.05) is 43.0 Å². The van der Waals surface area contributed by atoms with Crippen LogP contribution >= 0.6 is 11.3 Å². The third-order valence-electron chi connectivity index (χ3n) is 5.70. The van der Waals surface area contributed by atoms with Crippen molar-refractivity contribution in [3.63, 3.8) is 0 Å². The molecule has 1 unspecified atom stereocenters. The minimum atomic E-state index is -0.553. The molecule has 1 amide bonds. The zero-order valence-electron chi connectivity index (χ0n) is 16.6. The Morgan fingerprint density at radius 3 is 2.57 bits per heavy atom. The zero-order valence-corrected chi connectivity index (χ0v) is 17.5. The van der Waals surface area contributed by atoms with Gasteiger partial charge in [0.1, 0.15) is 6.04 Å². The number of rotatable bonds is 4. The number of likely N-dealkylation sites (N-methyl/N-ethyl adjacent to an activating group) is 1. The minimum absolute atomic E-state index is 0.00568. The van der Waals surface area contributed by atoms with Crippen LogP contribution in [0.1, 0.15) is 32.0 Å². The number of carbonyl (C=O) groups is 1. The van der Waals surface area contributed by atoms with Gasteiger partial charge in [0.15, 0.2) is 0 Å². The molecule has 3 aromatic rings. The number of benzene rings is 1. The summed E-state index contributed by atoms with van der Waals surface area (Å²) in [6.45, 7) is 10.2. The van der Waals surface area contributed by atoms with E-state index in [1.54, 1.807) is 11.3 Å². The second-order valence-corrected chi connectivity index (χ2v) is 8.37. The molecule has 0 N–H and O–H groups in total. The van der Waals surface area contributed by atoms with Crippen molar-refractivity contribution in [1.29, 1.82) is 0 Å². The first-order valence-corrected chi connectivity index (χ1v) is 10.8. The van der Waals surface area contributed by atoms with Gasteiger partial charge < -0.3 is 9.80 Å². The number of aromatic nitrogens is 2. The monoisotopic (exact) mass is 398 g/mol. The van der Waals surface area contributed by atoms with Gasteiger partial charge >= 0.3 is 0 Å². The van der Waals surface area contributed by atoms with Gasteiger partial charge in [0.05, 0.1) is 15.8 Å². The lowest BCUT2D eigenvalue weighted by Gasteiger charge is -2.35. The summed E-state index contributed by atoms with van der Waals surface area (Å²) in [5, 5.41) is 6.21. The number of fused-ring (bicyclic) bond motifs is 3. The first-order chi connectivity index (χ1) is 13.5. The third kappa shape index (κ3) is 3.12. The fourth-order valence-corrected chi connectivity index (χ4v) is 5.17. The van der Waals surface area contributed by atoms with Crippen molar-refractivity contribution < 1.29 is 4.79 Å². The van der Waals surface area contributed by atoms with Gasteiger partial charge in [0.2, 0.25) is 5.91 Å². The quantitative estimate of drug-likeness (QED) is 0.678. The van der Waals surface area contributed by atoms with Crippen LogP contribution in [0, 0.1) is 6.92 Å². The lowest BCUT2D eigenvalue weighted by molar-refractivity contribution is -0.137. The van der Waals surface area contributed by atoms with Crippen molar-refractivity contribution in [2.24, 2.45) is 0 Å². The number of piperazine rings is 1. The predicted octanol–water partition coefficient (Wildman–Crippen LogP) is 3.03. The van der Waals surface area contributed by atoms with Gasteiger partial charge in [0, 0.05) is 36.3 Å². The Morgan fingerprint density at radius 2 is 1.89 bits per heavy atom. The summed E-state index contributed by atoms with van der Waals surface area (Å²) in [6.07, 6.45) is 0.548. The van der Waals surface area contributed by atoms with Crippen molar-refractivity contribution >= 4 is 37.4 Å². The number of nitrogens with zero attached hydrogens (tertiary/aromatic N) is 4. The second-order valence-electron chi connectivity index (χ2n) is 7.32. The highest BCUT2D eigenvalue weighted by atomic mass is 32.1. The number of carbonyl (C=O) groups excluding carboxylic acids is 1. The minimum Gasteiger partial charge on any atom is -0.338 e. The maximum Gasteiger partial charge on any atom is 0.276 e. The van der Waals surface area contributed by atoms with Crippen LogP contribution in [0.3, 0.4) is 0 Å². The largest absolute Gasteiger partial charge is 0.338 e. The summed E-state index contributed by atoms with van der Waals surface area (Å²) >= 11 is 1.59. The summed E-state index contributed by atoms with van der Waals surface area (Å²) in [5.41, 5.74) is 0.642. The van der Waals surface area contributed by atoms with Gasteiger partial charge in [-0.15, -0.1) is 11.3 Å². The summed E-state index contributed by atoms with van der Waals surface area (Å²) in [6, 6.07) is 7.38. The van der Waals surface area contributed by atoms with Crippen LogP contribution in [0.4, 0.5) is 0 Å². The lowest BCUT2D eigenvalue weighted by Crippen LogP contribution is -2.51. The van der Waals surface area contributed by atoms with E-state index in [1.165, 1.54) is 4.68 Å². The molecule has 7 heteroatoms. The highest BCUT2D eigenvalue weighted by molar-refractivity contribution is 7.26. The van der Waals surface area contributed by atoms with Crippen LogP contribution in [-0.2, 0) is 4.79 Å². The fourth-order valence-electron chi connectivity index (χ4n) is 4.04. The van der Waals surface area contributed by atoms with Gasteiger partial charge in [-0.2, -0.15) is 5.10 Å². The van der Waals surface area contributed by atoms with Gasteiger partial charge in [-0.05, 0) is 26.0 Å². The predicted molar refractivity (Wildman–Crippen MR) is 114 cm³/mol. The van der Waals surface area contributed by atoms with E-state index in [-0.39, 0.29) is 11.5 Å². The maximum atomic E-state index is 13.4. The molecule has 4 rings (SSSR count). The molecule has 3 heterocycles. The van der Waals surface area contributed by atoms with Crippen molar-refractivity contribution in [2.45, 2.75) is 33.2 Å². The maximum absolute atomic E-state index is 13.4. The number of aryl methyl sites for hydroxylation is 1. The first-order valence-electron chi connectivity index (χ1n) is 9.97. The Balaban J connectivity index is 1.76. The number of hydrogen-bond acceptors (Lipinski definition) is 5. The number of hydrogen-bond donors (Lipinski definition) is 0. The Labute approximate surface area is 168 Å². The molecule has 1 aliphatic heterocycles. The summed E-state index contributed by atoms with van der Waals surface area (Å²) in [7, 11) is 0. The molecule has 148 valence electrons. The first kappa shape index (κ1) is 19.1. The molecule has 28 heavy (non-hydrogen) atoms. The molecule has 1 aromatic carbocycles. The van der Waals surface area contributed by atoms with E-state index in [0.29, 0.717) is 24.9 Å². The highest BCUT2D eigenvalue weighted by Gasteiger charge is 2.29. The van der Waals surface area contributed by atoms with Crippen LogP contribution in [0.15, 0.2) is 29.1 Å². The average Bonchev–Trinajstić information content (AvgIpc) is 3.12. The van der Waals surface area contributed by atoms with Crippen LogP contribution in [0.25, 0.3) is 20.2 Å². The molecular formula is C21H26N4O2S. The Bertz CT molecular complexity index is 1080. The van der Waals surface area contributed by atoms with E-state index in [4.69, 9.17) is 0 Å².